The number of benzene rings is 2. The van der Waals surface area contributed by atoms with Crippen molar-refractivity contribution in [3.05, 3.63) is 70.0 Å². The van der Waals surface area contributed by atoms with Crippen molar-refractivity contribution < 1.29 is 4.79 Å². The van der Waals surface area contributed by atoms with Gasteiger partial charge in [0.05, 0.1) is 11.8 Å². The lowest BCUT2D eigenvalue weighted by Gasteiger charge is -2.20. The highest BCUT2D eigenvalue weighted by atomic mass is 35.5. The lowest BCUT2D eigenvalue weighted by molar-refractivity contribution is 0.102. The number of rotatable bonds is 7. The van der Waals surface area contributed by atoms with Crippen LogP contribution in [0.25, 0.3) is 5.69 Å². The number of hydrogen-bond donors (Lipinski definition) is 0. The quantitative estimate of drug-likeness (QED) is 0.379. The van der Waals surface area contributed by atoms with Crippen LogP contribution in [0.2, 0.25) is 10.0 Å². The Hall–Kier alpha value is -1.86. The fourth-order valence-corrected chi connectivity index (χ4v) is 3.66. The van der Waals surface area contributed by atoms with E-state index in [-0.39, 0.29) is 17.6 Å². The molecule has 0 aliphatic heterocycles. The summed E-state index contributed by atoms with van der Waals surface area (Å²) in [4.78, 5) is 14.6. The summed E-state index contributed by atoms with van der Waals surface area (Å²) in [5, 5.41) is 10.7. The van der Waals surface area contributed by atoms with Crippen LogP contribution in [0.3, 0.4) is 0 Å². The van der Waals surface area contributed by atoms with Crippen molar-refractivity contribution in [2.75, 3.05) is 19.8 Å². The fraction of sp³-hybridized carbons (Fsp3) is 0.250. The van der Waals surface area contributed by atoms with Gasteiger partial charge in [0.15, 0.2) is 16.8 Å². The van der Waals surface area contributed by atoms with Crippen molar-refractivity contribution in [1.29, 1.82) is 0 Å². The number of Topliss-reactive ketones (excluding diaryl/α,β-unsaturated/α-hetero) is 1. The Morgan fingerprint density at radius 2 is 1.61 bits per heavy atom. The van der Waals surface area contributed by atoms with Crippen LogP contribution in [0, 0.1) is 0 Å². The van der Waals surface area contributed by atoms with E-state index < -0.39 is 0 Å². The van der Waals surface area contributed by atoms with Crippen molar-refractivity contribution in [1.82, 2.24) is 19.7 Å². The molecule has 1 atom stereocenters. The Morgan fingerprint density at radius 1 is 1.04 bits per heavy atom. The summed E-state index contributed by atoms with van der Waals surface area (Å²) >= 11 is 13.3. The number of carbonyl (C=O) groups excluding carboxylic acids is 1. The topological polar surface area (TPSA) is 51.0 Å². The Balaban J connectivity index is 1.89. The van der Waals surface area contributed by atoms with Gasteiger partial charge in [-0.1, -0.05) is 35.0 Å². The Morgan fingerprint density at radius 3 is 2.18 bits per heavy atom. The predicted octanol–water partition coefficient (Wildman–Crippen LogP) is 5.17. The number of carbonyl (C=O) groups is 1. The molecule has 3 rings (SSSR count). The van der Waals surface area contributed by atoms with Crippen molar-refractivity contribution in [3.63, 3.8) is 0 Å². The van der Waals surface area contributed by atoms with E-state index in [1.165, 1.54) is 11.8 Å². The molecule has 0 saturated heterocycles. The molecular weight excluding hydrogens is 415 g/mol. The smallest absolute Gasteiger partial charge is 0.196 e. The van der Waals surface area contributed by atoms with E-state index in [9.17, 15) is 4.79 Å². The molecule has 28 heavy (non-hydrogen) atoms. The third kappa shape index (κ3) is 4.75. The number of nitrogens with zero attached hydrogens (tertiary/aromatic N) is 4. The van der Waals surface area contributed by atoms with Crippen LogP contribution in [0.5, 0.6) is 0 Å². The second kappa shape index (κ2) is 9.09. The first kappa shape index (κ1) is 20.9. The minimum atomic E-state index is 0.00882. The Labute approximate surface area is 178 Å². The summed E-state index contributed by atoms with van der Waals surface area (Å²) in [6.07, 6.45) is 0. The van der Waals surface area contributed by atoms with Crippen molar-refractivity contribution in [2.45, 2.75) is 18.1 Å². The molecule has 0 aliphatic rings. The third-order valence-electron chi connectivity index (χ3n) is 4.39. The van der Waals surface area contributed by atoms with Crippen LogP contribution in [0.15, 0.2) is 53.7 Å². The molecule has 1 heterocycles. The van der Waals surface area contributed by atoms with Crippen molar-refractivity contribution in [2.24, 2.45) is 0 Å². The van der Waals surface area contributed by atoms with Gasteiger partial charge in [-0.3, -0.25) is 14.3 Å². The van der Waals surface area contributed by atoms with Gasteiger partial charge >= 0.3 is 0 Å². The van der Waals surface area contributed by atoms with Crippen molar-refractivity contribution in [3.8, 4) is 5.69 Å². The summed E-state index contributed by atoms with van der Waals surface area (Å²) in [6, 6.07) is 14.4. The highest BCUT2D eigenvalue weighted by Crippen LogP contribution is 2.28. The molecule has 0 N–H and O–H groups in total. The molecule has 0 fully saturated rings. The Kier molecular flexibility index (Phi) is 6.78. The molecule has 1 unspecified atom stereocenters. The molecule has 8 heteroatoms. The van der Waals surface area contributed by atoms with Crippen LogP contribution in [-0.2, 0) is 0 Å². The maximum atomic E-state index is 12.5. The van der Waals surface area contributed by atoms with E-state index in [0.29, 0.717) is 20.8 Å². The zero-order valence-electron chi connectivity index (χ0n) is 15.8. The molecule has 1 aromatic heterocycles. The van der Waals surface area contributed by atoms with E-state index >= 15 is 0 Å². The van der Waals surface area contributed by atoms with Gasteiger partial charge < -0.3 is 0 Å². The normalized spacial score (nSPS) is 12.4. The van der Waals surface area contributed by atoms with Crippen LogP contribution >= 0.6 is 35.0 Å². The van der Waals surface area contributed by atoms with Crippen LogP contribution in [-0.4, -0.2) is 45.3 Å². The average molecular weight is 435 g/mol. The van der Waals surface area contributed by atoms with Gasteiger partial charge in [0.25, 0.3) is 0 Å². The number of ketones is 1. The zero-order chi connectivity index (χ0) is 20.3. The lowest BCUT2D eigenvalue weighted by Crippen LogP contribution is -2.20. The number of thioether (sulfide) groups is 1. The molecule has 2 aromatic carbocycles. The lowest BCUT2D eigenvalue weighted by atomic mass is 10.1. The zero-order valence-corrected chi connectivity index (χ0v) is 18.1. The highest BCUT2D eigenvalue weighted by Gasteiger charge is 2.21. The van der Waals surface area contributed by atoms with E-state index in [1.54, 1.807) is 24.3 Å². The van der Waals surface area contributed by atoms with E-state index in [4.69, 9.17) is 23.2 Å². The summed E-state index contributed by atoms with van der Waals surface area (Å²) in [5.41, 5.74) is 1.52. The first-order valence-electron chi connectivity index (χ1n) is 8.66. The number of aromatic nitrogens is 3. The molecule has 0 aliphatic carbocycles. The van der Waals surface area contributed by atoms with Crippen LogP contribution in [0.4, 0.5) is 0 Å². The minimum absolute atomic E-state index is 0.00882. The maximum Gasteiger partial charge on any atom is 0.196 e. The highest BCUT2D eigenvalue weighted by molar-refractivity contribution is 7.99. The van der Waals surface area contributed by atoms with Gasteiger partial charge in [0, 0.05) is 21.3 Å². The molecule has 0 amide bonds. The monoisotopic (exact) mass is 434 g/mol. The van der Waals surface area contributed by atoms with Gasteiger partial charge in [-0.25, -0.2) is 0 Å². The second-order valence-corrected chi connectivity index (χ2v) is 8.33. The molecule has 0 bridgehead atoms. The summed E-state index contributed by atoms with van der Waals surface area (Å²) in [6.45, 7) is 2.06. The first-order chi connectivity index (χ1) is 13.4. The van der Waals surface area contributed by atoms with Gasteiger partial charge in [0.1, 0.15) is 0 Å². The molecule has 0 spiro atoms. The van der Waals surface area contributed by atoms with Gasteiger partial charge in [-0.05, 0) is 69.6 Å². The fourth-order valence-electron chi connectivity index (χ4n) is 2.56. The molecule has 3 aromatic rings. The minimum Gasteiger partial charge on any atom is -0.300 e. The predicted molar refractivity (Wildman–Crippen MR) is 115 cm³/mol. The molecule has 146 valence electrons. The Bertz CT molecular complexity index is 955. The van der Waals surface area contributed by atoms with E-state index in [1.807, 2.05) is 42.9 Å². The first-order valence-corrected chi connectivity index (χ1v) is 10.4. The third-order valence-corrected chi connectivity index (χ3v) is 5.82. The van der Waals surface area contributed by atoms with E-state index in [2.05, 4.69) is 22.0 Å². The summed E-state index contributed by atoms with van der Waals surface area (Å²) < 4.78 is 1.97. The summed E-state index contributed by atoms with van der Waals surface area (Å²) in [5.74, 6) is 1.06. The second-order valence-electron chi connectivity index (χ2n) is 6.51. The molecule has 0 radical (unpaired) electrons. The summed E-state index contributed by atoms with van der Waals surface area (Å²) in [7, 11) is 3.98. The largest absolute Gasteiger partial charge is 0.300 e. The standard InChI is InChI=1S/C20H20Cl2N4OS/c1-13(25(2)3)19-23-24-20(26(19)17-10-8-16(22)9-11-17)28-12-18(27)14-4-6-15(21)7-5-14/h4-11,13H,12H2,1-3H3. The molecule has 0 saturated carbocycles. The SMILES string of the molecule is CC(c1nnc(SCC(=O)c2ccc(Cl)cc2)n1-c1ccc(Cl)cc1)N(C)C. The van der Waals surface area contributed by atoms with Crippen LogP contribution in [0.1, 0.15) is 29.1 Å². The maximum absolute atomic E-state index is 12.5. The van der Waals surface area contributed by atoms with Crippen molar-refractivity contribution >= 4 is 40.7 Å². The number of hydrogen-bond acceptors (Lipinski definition) is 5. The molecule has 5 nitrogen and oxygen atoms in total. The van der Waals surface area contributed by atoms with Gasteiger partial charge in [0.2, 0.25) is 0 Å². The van der Waals surface area contributed by atoms with E-state index in [0.717, 1.165) is 11.5 Å². The van der Waals surface area contributed by atoms with Gasteiger partial charge in [-0.15, -0.1) is 10.2 Å². The van der Waals surface area contributed by atoms with Crippen LogP contribution < -0.4 is 0 Å². The number of halogens is 2. The van der Waals surface area contributed by atoms with Gasteiger partial charge in [-0.2, -0.15) is 0 Å². The average Bonchev–Trinajstić information content (AvgIpc) is 3.10. The molecular formula is C20H20Cl2N4OS.